The van der Waals surface area contributed by atoms with Crippen LogP contribution < -0.4 is 0 Å². The lowest BCUT2D eigenvalue weighted by Gasteiger charge is -2.19. The van der Waals surface area contributed by atoms with Gasteiger partial charge in [0.2, 0.25) is 5.75 Å². The summed E-state index contributed by atoms with van der Waals surface area (Å²) in [5.74, 6) is -2.09. The fourth-order valence-corrected chi connectivity index (χ4v) is 4.10. The molecule has 4 nitrogen and oxygen atoms in total. The third kappa shape index (κ3) is 2.54. The van der Waals surface area contributed by atoms with Crippen LogP contribution in [-0.4, -0.2) is 20.4 Å². The Morgan fingerprint density at radius 3 is 1.50 bits per heavy atom. The van der Waals surface area contributed by atoms with E-state index in [9.17, 15) is 20.4 Å². The summed E-state index contributed by atoms with van der Waals surface area (Å²) >= 11 is 0. The Balaban J connectivity index is 1.99. The Labute approximate surface area is 172 Å². The summed E-state index contributed by atoms with van der Waals surface area (Å²) in [7, 11) is 0. The summed E-state index contributed by atoms with van der Waals surface area (Å²) in [5, 5.41) is 46.7. The Bertz CT molecular complexity index is 1370. The molecule has 146 valence electrons. The van der Waals surface area contributed by atoms with Crippen LogP contribution in [0.2, 0.25) is 0 Å². The molecular weight excluding hydrogens is 376 g/mol. The van der Waals surface area contributed by atoms with E-state index in [2.05, 4.69) is 0 Å². The van der Waals surface area contributed by atoms with Crippen molar-refractivity contribution in [2.75, 3.05) is 0 Å². The molecule has 30 heavy (non-hydrogen) atoms. The van der Waals surface area contributed by atoms with E-state index in [0.29, 0.717) is 11.1 Å². The van der Waals surface area contributed by atoms with Gasteiger partial charge in [0.15, 0.2) is 11.5 Å². The smallest absolute Gasteiger partial charge is 0.201 e. The van der Waals surface area contributed by atoms with Gasteiger partial charge in [0.05, 0.1) is 11.1 Å². The van der Waals surface area contributed by atoms with Gasteiger partial charge in [0, 0.05) is 5.56 Å². The highest BCUT2D eigenvalue weighted by molar-refractivity contribution is 6.15. The molecule has 0 aliphatic carbocycles. The second-order valence-electron chi connectivity index (χ2n) is 7.20. The molecule has 0 aliphatic heterocycles. The van der Waals surface area contributed by atoms with Gasteiger partial charge >= 0.3 is 0 Å². The topological polar surface area (TPSA) is 80.9 Å². The molecule has 0 amide bonds. The van der Waals surface area contributed by atoms with Crippen LogP contribution in [0.15, 0.2) is 84.9 Å². The highest BCUT2D eigenvalue weighted by Crippen LogP contribution is 2.56. The van der Waals surface area contributed by atoms with Crippen LogP contribution in [-0.2, 0) is 0 Å². The molecule has 0 saturated carbocycles. The van der Waals surface area contributed by atoms with E-state index in [1.54, 1.807) is 24.3 Å². The predicted molar refractivity (Wildman–Crippen MR) is 119 cm³/mol. The Morgan fingerprint density at radius 2 is 0.900 bits per heavy atom. The van der Waals surface area contributed by atoms with Crippen LogP contribution in [0, 0.1) is 0 Å². The molecule has 4 N–H and O–H groups in total. The summed E-state index contributed by atoms with van der Waals surface area (Å²) in [6.07, 6.45) is 0. The molecule has 0 saturated heterocycles. The van der Waals surface area contributed by atoms with Gasteiger partial charge in [-0.2, -0.15) is 0 Å². The number of phenolic OH excluding ortho intramolecular Hbond substituents is 4. The highest BCUT2D eigenvalue weighted by atomic mass is 16.3. The molecule has 5 aromatic carbocycles. The van der Waals surface area contributed by atoms with Crippen LogP contribution in [0.4, 0.5) is 0 Å². The number of hydrogen-bond donors (Lipinski definition) is 4. The minimum Gasteiger partial charge on any atom is -0.506 e. The lowest BCUT2D eigenvalue weighted by atomic mass is 9.88. The average molecular weight is 394 g/mol. The van der Waals surface area contributed by atoms with E-state index in [1.807, 2.05) is 60.7 Å². The molecule has 5 aromatic rings. The van der Waals surface area contributed by atoms with E-state index >= 15 is 0 Å². The molecule has 0 spiro atoms. The molecule has 0 aromatic heterocycles. The van der Waals surface area contributed by atoms with Crippen molar-refractivity contribution >= 4 is 21.5 Å². The quantitative estimate of drug-likeness (QED) is 0.164. The largest absolute Gasteiger partial charge is 0.506 e. The Hall–Kier alpha value is -4.18. The van der Waals surface area contributed by atoms with Crippen molar-refractivity contribution in [3.63, 3.8) is 0 Å². The van der Waals surface area contributed by atoms with Crippen LogP contribution in [0.1, 0.15) is 0 Å². The second kappa shape index (κ2) is 6.71. The molecule has 4 heteroatoms. The van der Waals surface area contributed by atoms with Crippen LogP contribution in [0.25, 0.3) is 43.8 Å². The van der Waals surface area contributed by atoms with Crippen LogP contribution in [0.5, 0.6) is 23.0 Å². The van der Waals surface area contributed by atoms with Crippen molar-refractivity contribution in [3.05, 3.63) is 84.9 Å². The lowest BCUT2D eigenvalue weighted by Crippen LogP contribution is -1.91. The van der Waals surface area contributed by atoms with Gasteiger partial charge in [-0.25, -0.2) is 0 Å². The molecule has 5 rings (SSSR count). The van der Waals surface area contributed by atoms with Crippen molar-refractivity contribution in [2.24, 2.45) is 0 Å². The van der Waals surface area contributed by atoms with Crippen molar-refractivity contribution < 1.29 is 20.4 Å². The van der Waals surface area contributed by atoms with Gasteiger partial charge in [-0.1, -0.05) is 78.9 Å². The zero-order valence-corrected chi connectivity index (χ0v) is 15.9. The Morgan fingerprint density at radius 1 is 0.400 bits per heavy atom. The van der Waals surface area contributed by atoms with E-state index in [0.717, 1.165) is 21.5 Å². The van der Waals surface area contributed by atoms with Gasteiger partial charge in [0.1, 0.15) is 5.75 Å². The van der Waals surface area contributed by atoms with Crippen LogP contribution >= 0.6 is 0 Å². The van der Waals surface area contributed by atoms with E-state index in [1.165, 1.54) is 0 Å². The third-order valence-electron chi connectivity index (χ3n) is 5.48. The normalized spacial score (nSPS) is 11.2. The SMILES string of the molecule is Oc1c(O)c(-c2ccccc2)c(O)c(-c2c3ccccc3cc3ccccc23)c1O. The van der Waals surface area contributed by atoms with Gasteiger partial charge in [-0.3, -0.25) is 0 Å². The summed E-state index contributed by atoms with van der Waals surface area (Å²) in [4.78, 5) is 0. The van der Waals surface area contributed by atoms with Crippen molar-refractivity contribution in [1.29, 1.82) is 0 Å². The molecule has 0 unspecified atom stereocenters. The first kappa shape index (κ1) is 17.9. The molecule has 0 fully saturated rings. The van der Waals surface area contributed by atoms with Gasteiger partial charge in [-0.05, 0) is 33.2 Å². The molecule has 0 bridgehead atoms. The lowest BCUT2D eigenvalue weighted by molar-refractivity contribution is 0.364. The minimum atomic E-state index is -0.668. The third-order valence-corrected chi connectivity index (χ3v) is 5.48. The number of phenols is 4. The molecular formula is C26H18O4. The van der Waals surface area contributed by atoms with Crippen LogP contribution in [0.3, 0.4) is 0 Å². The van der Waals surface area contributed by atoms with Gasteiger partial charge in [-0.15, -0.1) is 0 Å². The first-order valence-corrected chi connectivity index (χ1v) is 9.54. The summed E-state index contributed by atoms with van der Waals surface area (Å²) in [6.45, 7) is 0. The van der Waals surface area contributed by atoms with Crippen molar-refractivity contribution in [1.82, 2.24) is 0 Å². The average Bonchev–Trinajstić information content (AvgIpc) is 2.78. The van der Waals surface area contributed by atoms with Crippen molar-refractivity contribution in [2.45, 2.75) is 0 Å². The maximum atomic E-state index is 11.3. The minimum absolute atomic E-state index is 0.0675. The predicted octanol–water partition coefficient (Wildman–Crippen LogP) is 6.15. The number of aromatic hydroxyl groups is 4. The summed E-state index contributed by atoms with van der Waals surface area (Å²) in [5.41, 5.74) is 1.26. The van der Waals surface area contributed by atoms with E-state index in [-0.39, 0.29) is 16.9 Å². The maximum Gasteiger partial charge on any atom is 0.201 e. The highest BCUT2D eigenvalue weighted by Gasteiger charge is 2.27. The first-order chi connectivity index (χ1) is 14.6. The van der Waals surface area contributed by atoms with E-state index < -0.39 is 17.2 Å². The zero-order valence-electron chi connectivity index (χ0n) is 15.9. The van der Waals surface area contributed by atoms with Gasteiger partial charge < -0.3 is 20.4 Å². The zero-order chi connectivity index (χ0) is 20.8. The van der Waals surface area contributed by atoms with E-state index in [4.69, 9.17) is 0 Å². The number of benzene rings is 5. The molecule has 0 radical (unpaired) electrons. The summed E-state index contributed by atoms with van der Waals surface area (Å²) < 4.78 is 0. The maximum absolute atomic E-state index is 11.3. The molecule has 0 aliphatic rings. The molecule has 0 heterocycles. The molecule has 0 atom stereocenters. The fourth-order valence-electron chi connectivity index (χ4n) is 4.10. The second-order valence-corrected chi connectivity index (χ2v) is 7.20. The number of rotatable bonds is 2. The number of hydrogen-bond acceptors (Lipinski definition) is 4. The monoisotopic (exact) mass is 394 g/mol. The Kier molecular flexibility index (Phi) is 4.00. The summed E-state index contributed by atoms with van der Waals surface area (Å²) in [6, 6.07) is 26.2. The van der Waals surface area contributed by atoms with Gasteiger partial charge in [0.25, 0.3) is 0 Å². The standard InChI is InChI=1S/C26H18O4/c27-23-20(15-8-2-1-3-9-15)24(28)26(30)25(29)22(23)21-18-12-6-4-10-16(18)14-17-11-5-7-13-19(17)21/h1-14,27-30H. The number of fused-ring (bicyclic) bond motifs is 2. The van der Waals surface area contributed by atoms with Crippen molar-refractivity contribution in [3.8, 4) is 45.3 Å². The first-order valence-electron chi connectivity index (χ1n) is 9.54. The fraction of sp³-hybridized carbons (Fsp3) is 0.